The van der Waals surface area contributed by atoms with Crippen molar-refractivity contribution in [3.63, 3.8) is 0 Å². The molecule has 2 aromatic heterocycles. The Kier molecular flexibility index (Phi) is 6.79. The molecule has 0 saturated carbocycles. The van der Waals surface area contributed by atoms with Crippen molar-refractivity contribution in [3.8, 4) is 32.3 Å². The first-order chi connectivity index (χ1) is 19.2. The zero-order valence-electron chi connectivity index (χ0n) is 21.6. The number of fused-ring (bicyclic) bond motifs is 2. The molecule has 0 aliphatic rings. The van der Waals surface area contributed by atoms with Crippen molar-refractivity contribution in [2.75, 3.05) is 7.05 Å². The van der Waals surface area contributed by atoms with E-state index in [1.807, 2.05) is 6.92 Å². The zero-order chi connectivity index (χ0) is 28.2. The van der Waals surface area contributed by atoms with E-state index < -0.39 is 20.7 Å². The van der Waals surface area contributed by atoms with Crippen LogP contribution in [-0.2, 0) is 20.7 Å². The molecular weight excluding hydrogens is 583 g/mol. The van der Waals surface area contributed by atoms with Crippen LogP contribution in [-0.4, -0.2) is 33.9 Å². The van der Waals surface area contributed by atoms with Crippen LogP contribution in [0.15, 0.2) is 82.6 Å². The first kappa shape index (κ1) is 26.7. The Labute approximate surface area is 241 Å². The molecule has 0 bridgehead atoms. The maximum absolute atomic E-state index is 12.1. The molecule has 0 fully saturated rings. The minimum absolute atomic E-state index is 0.203. The molecule has 0 unspecified atom stereocenters. The average molecular weight is 606 g/mol. The molecule has 7 nitrogen and oxygen atoms in total. The number of thiol groups is 1. The summed E-state index contributed by atoms with van der Waals surface area (Å²) in [4.78, 5) is 10.4. The third kappa shape index (κ3) is 4.63. The summed E-state index contributed by atoms with van der Waals surface area (Å²) in [7, 11) is -4.76. The molecule has 0 aliphatic heterocycles. The fraction of sp³-hybridized carbons (Fsp3) is 0.103. The molecule has 6 aromatic rings. The van der Waals surface area contributed by atoms with Gasteiger partial charge in [0, 0.05) is 22.3 Å². The molecule has 11 heteroatoms. The second kappa shape index (κ2) is 10.2. The molecule has 2 heterocycles. The smallest absolute Gasteiger partial charge is 0.236 e. The van der Waals surface area contributed by atoms with Gasteiger partial charge in [0.2, 0.25) is 10.0 Å². The van der Waals surface area contributed by atoms with E-state index in [0.717, 1.165) is 63.8 Å². The van der Waals surface area contributed by atoms with Crippen molar-refractivity contribution < 1.29 is 16.8 Å². The van der Waals surface area contributed by atoms with Gasteiger partial charge in [-0.2, -0.15) is 0 Å². The maximum Gasteiger partial charge on any atom is 0.240 e. The van der Waals surface area contributed by atoms with E-state index in [4.69, 9.17) is 9.97 Å². The Morgan fingerprint density at radius 1 is 0.675 bits per heavy atom. The number of hydrogen-bond donors (Lipinski definition) is 2. The lowest BCUT2D eigenvalue weighted by atomic mass is 10.0. The summed E-state index contributed by atoms with van der Waals surface area (Å²) in [6.07, 6.45) is 0. The average Bonchev–Trinajstić information content (AvgIpc) is 3.61. The second-order valence-electron chi connectivity index (χ2n) is 9.29. The first-order valence-electron chi connectivity index (χ1n) is 12.3. The summed E-state index contributed by atoms with van der Waals surface area (Å²) in [6, 6.07) is 21.9. The van der Waals surface area contributed by atoms with Gasteiger partial charge in [-0.3, -0.25) is 0 Å². The summed E-state index contributed by atoms with van der Waals surface area (Å²) in [5.41, 5.74) is 7.69. The van der Waals surface area contributed by atoms with Crippen molar-refractivity contribution in [3.05, 3.63) is 83.9 Å². The third-order valence-corrected chi connectivity index (χ3v) is 11.3. The Bertz CT molecular complexity index is 2100. The molecule has 0 atom stereocenters. The lowest BCUT2D eigenvalue weighted by Gasteiger charge is -2.07. The Morgan fingerprint density at radius 2 is 1.23 bits per heavy atom. The van der Waals surface area contributed by atoms with Gasteiger partial charge in [-0.15, -0.1) is 22.7 Å². The summed E-state index contributed by atoms with van der Waals surface area (Å²) >= 11 is 3.15. The molecule has 1 N–H and O–H groups in total. The highest BCUT2D eigenvalue weighted by atomic mass is 32.2. The monoisotopic (exact) mass is 605 g/mol. The number of nitrogens with zero attached hydrogens (tertiary/aromatic N) is 2. The highest BCUT2D eigenvalue weighted by molar-refractivity contribution is 7.89. The molecule has 202 valence electrons. The van der Waals surface area contributed by atoms with Crippen LogP contribution in [0.4, 0.5) is 0 Å². The third-order valence-electron chi connectivity index (χ3n) is 6.78. The number of aryl methyl sites for hydroxylation is 2. The van der Waals surface area contributed by atoms with Gasteiger partial charge in [-0.05, 0) is 56.3 Å². The van der Waals surface area contributed by atoms with Crippen LogP contribution in [0.3, 0.4) is 0 Å². The van der Waals surface area contributed by atoms with E-state index in [0.29, 0.717) is 0 Å². The van der Waals surface area contributed by atoms with Gasteiger partial charge in [0.15, 0.2) is 10.7 Å². The molecule has 6 rings (SSSR count). The van der Waals surface area contributed by atoms with Crippen LogP contribution in [0.5, 0.6) is 0 Å². The number of hydrogen-bond acceptors (Lipinski definition) is 8. The van der Waals surface area contributed by atoms with E-state index in [-0.39, 0.29) is 9.79 Å². The largest absolute Gasteiger partial charge is 0.240 e. The van der Waals surface area contributed by atoms with Crippen molar-refractivity contribution in [2.45, 2.75) is 23.6 Å². The molecule has 4 aromatic carbocycles. The Balaban J connectivity index is 1.48. The summed E-state index contributed by atoms with van der Waals surface area (Å²) in [5.74, 6) is 0. The fourth-order valence-electron chi connectivity index (χ4n) is 4.56. The van der Waals surface area contributed by atoms with Crippen LogP contribution >= 0.6 is 22.7 Å². The van der Waals surface area contributed by atoms with Crippen molar-refractivity contribution in [2.24, 2.45) is 0 Å². The number of benzene rings is 4. The standard InChI is InChI=1S/C29H23N3O4S4/c1-16-4-15-23(27-24(16)31-28(38-27)19-8-12-21(13-9-19)40(35,36)30-3)22-14-5-17(2)26-25(22)32-29(37-26)18-6-10-20(11-7-18)39(33)34/h4-15,30,39H,1-3H3. The first-order valence-corrected chi connectivity index (χ1v) is 16.5. The predicted molar refractivity (Wildman–Crippen MR) is 163 cm³/mol. The van der Waals surface area contributed by atoms with Crippen molar-refractivity contribution >= 4 is 63.8 Å². The highest BCUT2D eigenvalue weighted by Crippen LogP contribution is 2.43. The van der Waals surface area contributed by atoms with Crippen LogP contribution in [0.1, 0.15) is 11.1 Å². The Hall–Kier alpha value is -3.48. The lowest BCUT2D eigenvalue weighted by Crippen LogP contribution is -2.18. The molecule has 0 radical (unpaired) electrons. The minimum atomic E-state index is -3.52. The molecule has 0 saturated heterocycles. The van der Waals surface area contributed by atoms with E-state index in [1.165, 1.54) is 7.05 Å². The summed E-state index contributed by atoms with van der Waals surface area (Å²) in [5, 5.41) is 1.63. The van der Waals surface area contributed by atoms with E-state index >= 15 is 0 Å². The van der Waals surface area contributed by atoms with Gasteiger partial charge in [0.25, 0.3) is 0 Å². The number of nitrogens with one attached hydrogen (secondary N) is 1. The predicted octanol–water partition coefficient (Wildman–Crippen LogP) is 6.40. The highest BCUT2D eigenvalue weighted by Gasteiger charge is 2.19. The maximum atomic E-state index is 12.1. The number of sulfonamides is 1. The summed E-state index contributed by atoms with van der Waals surface area (Å²) < 4.78 is 51.4. The van der Waals surface area contributed by atoms with Crippen LogP contribution in [0.2, 0.25) is 0 Å². The normalized spacial score (nSPS) is 12.1. The molecule has 0 spiro atoms. The number of thiazole rings is 2. The van der Waals surface area contributed by atoms with Crippen LogP contribution in [0, 0.1) is 13.8 Å². The molecular formula is C29H23N3O4S4. The van der Waals surface area contributed by atoms with Gasteiger partial charge >= 0.3 is 0 Å². The summed E-state index contributed by atoms with van der Waals surface area (Å²) in [6.45, 7) is 4.09. The van der Waals surface area contributed by atoms with E-state index in [9.17, 15) is 16.8 Å². The van der Waals surface area contributed by atoms with Gasteiger partial charge in [-0.25, -0.2) is 31.5 Å². The van der Waals surface area contributed by atoms with E-state index in [2.05, 4.69) is 35.9 Å². The second-order valence-corrected chi connectivity index (χ2v) is 14.2. The van der Waals surface area contributed by atoms with Crippen molar-refractivity contribution in [1.29, 1.82) is 0 Å². The molecule has 0 amide bonds. The lowest BCUT2D eigenvalue weighted by molar-refractivity contribution is 0.588. The van der Waals surface area contributed by atoms with Crippen LogP contribution < -0.4 is 4.72 Å². The number of aromatic nitrogens is 2. The van der Waals surface area contributed by atoms with Crippen LogP contribution in [0.25, 0.3) is 52.7 Å². The quantitative estimate of drug-likeness (QED) is 0.213. The minimum Gasteiger partial charge on any atom is -0.236 e. The van der Waals surface area contributed by atoms with E-state index in [1.54, 1.807) is 71.2 Å². The van der Waals surface area contributed by atoms with Gasteiger partial charge in [0.05, 0.1) is 30.2 Å². The Morgan fingerprint density at radius 3 is 1.85 bits per heavy atom. The number of rotatable bonds is 6. The molecule has 0 aliphatic carbocycles. The SMILES string of the molecule is CNS(=O)(=O)c1ccc(-c2nc3c(C)ccc(-c4ccc(C)c5sc(-c6ccc([SH](=O)=O)cc6)nc45)c3s2)cc1. The van der Waals surface area contributed by atoms with Gasteiger partial charge < -0.3 is 0 Å². The van der Waals surface area contributed by atoms with Crippen molar-refractivity contribution in [1.82, 2.24) is 14.7 Å². The van der Waals surface area contributed by atoms with Gasteiger partial charge in [0.1, 0.15) is 10.0 Å². The van der Waals surface area contributed by atoms with Gasteiger partial charge in [-0.1, -0.05) is 48.5 Å². The zero-order valence-corrected chi connectivity index (χ0v) is 25.0. The molecule has 40 heavy (non-hydrogen) atoms. The fourth-order valence-corrected chi connectivity index (χ4v) is 7.93. The topological polar surface area (TPSA) is 106 Å².